The van der Waals surface area contributed by atoms with Crippen molar-refractivity contribution in [2.75, 3.05) is 47.5 Å². The van der Waals surface area contributed by atoms with Gasteiger partial charge in [-0.3, -0.25) is 4.79 Å². The molecule has 0 aromatic heterocycles. The van der Waals surface area contributed by atoms with Crippen LogP contribution in [0.15, 0.2) is 0 Å². The molecule has 0 aliphatic rings. The standard InChI is InChI=1S/C37H73NO7/c1-5-6-7-8-9-10-11-12-13-14-15-16-17-18-19-20-21-22-23-24-25-26-27-28-29-35(40)44-32-34(39)33-45-37(36(41)42)43-31-30-38(2,3)4/h34,37,39H,5-33H2,1-4H3. The van der Waals surface area contributed by atoms with E-state index in [1.54, 1.807) is 0 Å². The molecule has 0 fully saturated rings. The lowest BCUT2D eigenvalue weighted by molar-refractivity contribution is -0.870. The number of esters is 1. The van der Waals surface area contributed by atoms with Gasteiger partial charge < -0.3 is 33.7 Å². The molecule has 0 aromatic rings. The van der Waals surface area contributed by atoms with E-state index in [-0.39, 0.29) is 25.8 Å². The van der Waals surface area contributed by atoms with Crippen molar-refractivity contribution < 1.29 is 38.5 Å². The molecule has 0 saturated heterocycles. The summed E-state index contributed by atoms with van der Waals surface area (Å²) in [5, 5.41) is 21.1. The Kier molecular flexibility index (Phi) is 30.5. The number of carbonyl (C=O) groups is 2. The van der Waals surface area contributed by atoms with Crippen molar-refractivity contribution in [1.82, 2.24) is 0 Å². The van der Waals surface area contributed by atoms with Gasteiger partial charge in [0.05, 0.1) is 40.3 Å². The number of hydrogen-bond acceptors (Lipinski definition) is 7. The van der Waals surface area contributed by atoms with Gasteiger partial charge in [0.25, 0.3) is 0 Å². The molecule has 0 spiro atoms. The van der Waals surface area contributed by atoms with E-state index in [2.05, 4.69) is 6.92 Å². The first-order valence-electron chi connectivity index (χ1n) is 18.7. The molecule has 268 valence electrons. The van der Waals surface area contributed by atoms with Gasteiger partial charge in [-0.15, -0.1) is 0 Å². The van der Waals surface area contributed by atoms with Crippen LogP contribution in [0, 0.1) is 0 Å². The van der Waals surface area contributed by atoms with Crippen LogP contribution in [0.25, 0.3) is 0 Å². The fourth-order valence-corrected chi connectivity index (χ4v) is 5.36. The number of ether oxygens (including phenoxy) is 3. The van der Waals surface area contributed by atoms with Crippen molar-refractivity contribution in [3.8, 4) is 0 Å². The summed E-state index contributed by atoms with van der Waals surface area (Å²) in [6.45, 7) is 2.49. The number of aliphatic hydroxyl groups excluding tert-OH is 1. The van der Waals surface area contributed by atoms with Crippen LogP contribution in [0.1, 0.15) is 167 Å². The van der Waals surface area contributed by atoms with Gasteiger partial charge in [0.2, 0.25) is 0 Å². The molecule has 45 heavy (non-hydrogen) atoms. The van der Waals surface area contributed by atoms with Crippen molar-refractivity contribution >= 4 is 11.9 Å². The summed E-state index contributed by atoms with van der Waals surface area (Å²) in [5.41, 5.74) is 0. The lowest BCUT2D eigenvalue weighted by Crippen LogP contribution is -2.44. The van der Waals surface area contributed by atoms with Crippen LogP contribution >= 0.6 is 0 Å². The summed E-state index contributed by atoms with van der Waals surface area (Å²) in [6.07, 6.45) is 29.7. The van der Waals surface area contributed by atoms with E-state index >= 15 is 0 Å². The Morgan fingerprint density at radius 3 is 1.33 bits per heavy atom. The van der Waals surface area contributed by atoms with Gasteiger partial charge >= 0.3 is 5.97 Å². The normalized spacial score (nSPS) is 13.2. The molecule has 0 heterocycles. The maximum absolute atomic E-state index is 11.9. The van der Waals surface area contributed by atoms with E-state index in [9.17, 15) is 19.8 Å². The fraction of sp³-hybridized carbons (Fsp3) is 0.946. The highest BCUT2D eigenvalue weighted by molar-refractivity contribution is 5.69. The first-order valence-corrected chi connectivity index (χ1v) is 18.7. The van der Waals surface area contributed by atoms with Crippen molar-refractivity contribution in [3.05, 3.63) is 0 Å². The Hall–Kier alpha value is -1.22. The molecule has 1 N–H and O–H groups in total. The minimum absolute atomic E-state index is 0.173. The van der Waals surface area contributed by atoms with Gasteiger partial charge in [0.1, 0.15) is 19.3 Å². The summed E-state index contributed by atoms with van der Waals surface area (Å²) in [6, 6.07) is 0. The zero-order valence-electron chi connectivity index (χ0n) is 30.0. The number of carboxylic acids is 1. The molecule has 0 rings (SSSR count). The van der Waals surface area contributed by atoms with Crippen LogP contribution in [0.4, 0.5) is 0 Å². The lowest BCUT2D eigenvalue weighted by Gasteiger charge is -2.26. The predicted octanol–water partition coefficient (Wildman–Crippen LogP) is 7.48. The van der Waals surface area contributed by atoms with E-state index in [1.165, 1.54) is 135 Å². The third-order valence-corrected chi connectivity index (χ3v) is 8.33. The molecule has 2 unspecified atom stereocenters. The number of rotatable bonds is 35. The minimum atomic E-state index is -1.57. The highest BCUT2D eigenvalue weighted by atomic mass is 16.7. The molecule has 0 amide bonds. The Bertz CT molecular complexity index is 668. The number of likely N-dealkylation sites (N-methyl/N-ethyl adjacent to an activating group) is 1. The Morgan fingerprint density at radius 1 is 0.600 bits per heavy atom. The van der Waals surface area contributed by atoms with Gasteiger partial charge in [-0.1, -0.05) is 155 Å². The zero-order valence-corrected chi connectivity index (χ0v) is 30.0. The number of carboxylic acid groups (broad SMARTS) is 1. The molecule has 2 atom stereocenters. The Labute approximate surface area is 277 Å². The number of aliphatic hydroxyl groups is 1. The largest absolute Gasteiger partial charge is 0.545 e. The van der Waals surface area contributed by atoms with E-state index in [0.29, 0.717) is 17.4 Å². The molecule has 0 aliphatic heterocycles. The summed E-state index contributed by atoms with van der Waals surface area (Å²) < 4.78 is 16.0. The summed E-state index contributed by atoms with van der Waals surface area (Å²) >= 11 is 0. The molecular weight excluding hydrogens is 570 g/mol. The number of unbranched alkanes of at least 4 members (excludes halogenated alkanes) is 23. The van der Waals surface area contributed by atoms with E-state index < -0.39 is 18.4 Å². The van der Waals surface area contributed by atoms with Crippen LogP contribution in [0.5, 0.6) is 0 Å². The monoisotopic (exact) mass is 644 g/mol. The van der Waals surface area contributed by atoms with E-state index in [0.717, 1.165) is 19.3 Å². The molecular formula is C37H73NO7. The molecule has 8 nitrogen and oxygen atoms in total. The number of nitrogens with zero attached hydrogens (tertiary/aromatic N) is 1. The SMILES string of the molecule is CCCCCCCCCCCCCCCCCCCCCCCCCCC(=O)OCC(O)COC(OCC[N+](C)(C)C)C(=O)[O-]. The average molecular weight is 644 g/mol. The van der Waals surface area contributed by atoms with Crippen molar-refractivity contribution in [2.24, 2.45) is 0 Å². The van der Waals surface area contributed by atoms with Gasteiger partial charge in [-0.2, -0.15) is 0 Å². The van der Waals surface area contributed by atoms with Crippen LogP contribution in [0.2, 0.25) is 0 Å². The second kappa shape index (κ2) is 31.4. The average Bonchev–Trinajstić information content (AvgIpc) is 2.99. The van der Waals surface area contributed by atoms with Crippen LogP contribution < -0.4 is 5.11 Å². The van der Waals surface area contributed by atoms with Gasteiger partial charge in [-0.25, -0.2) is 0 Å². The van der Waals surface area contributed by atoms with E-state index in [1.807, 2.05) is 21.1 Å². The number of quaternary nitrogens is 1. The van der Waals surface area contributed by atoms with Crippen molar-refractivity contribution in [2.45, 2.75) is 180 Å². The first-order chi connectivity index (χ1) is 21.7. The number of aliphatic carboxylic acids is 1. The fourth-order valence-electron chi connectivity index (χ4n) is 5.36. The topological polar surface area (TPSA) is 105 Å². The molecule has 0 aliphatic carbocycles. The first kappa shape index (κ1) is 43.8. The van der Waals surface area contributed by atoms with Gasteiger partial charge in [0, 0.05) is 6.42 Å². The maximum Gasteiger partial charge on any atom is 0.305 e. The predicted molar refractivity (Wildman–Crippen MR) is 182 cm³/mol. The summed E-state index contributed by atoms with van der Waals surface area (Å²) in [4.78, 5) is 23.1. The third kappa shape index (κ3) is 33.9. The van der Waals surface area contributed by atoms with E-state index in [4.69, 9.17) is 14.2 Å². The summed E-state index contributed by atoms with van der Waals surface area (Å²) in [7, 11) is 5.87. The Balaban J connectivity index is 3.43. The van der Waals surface area contributed by atoms with Gasteiger partial charge in [-0.05, 0) is 6.42 Å². The second-order valence-electron chi connectivity index (χ2n) is 14.1. The summed E-state index contributed by atoms with van der Waals surface area (Å²) in [5.74, 6) is -1.86. The maximum atomic E-state index is 11.9. The van der Waals surface area contributed by atoms with Crippen LogP contribution in [-0.4, -0.2) is 81.4 Å². The number of hydrogen-bond donors (Lipinski definition) is 1. The van der Waals surface area contributed by atoms with Crippen LogP contribution in [-0.2, 0) is 23.8 Å². The smallest absolute Gasteiger partial charge is 0.305 e. The highest BCUT2D eigenvalue weighted by Gasteiger charge is 2.17. The molecule has 0 saturated carbocycles. The number of carbonyl (C=O) groups excluding carboxylic acids is 2. The zero-order chi connectivity index (χ0) is 33.4. The van der Waals surface area contributed by atoms with Crippen LogP contribution in [0.3, 0.4) is 0 Å². The minimum Gasteiger partial charge on any atom is -0.545 e. The highest BCUT2D eigenvalue weighted by Crippen LogP contribution is 2.16. The molecule has 0 radical (unpaired) electrons. The molecule has 0 aromatic carbocycles. The molecule has 0 bridgehead atoms. The second-order valence-corrected chi connectivity index (χ2v) is 14.1. The Morgan fingerprint density at radius 2 is 0.978 bits per heavy atom. The molecule has 8 heteroatoms. The van der Waals surface area contributed by atoms with Gasteiger partial charge in [0.15, 0.2) is 6.29 Å². The lowest BCUT2D eigenvalue weighted by atomic mass is 10.0. The van der Waals surface area contributed by atoms with Crippen molar-refractivity contribution in [1.29, 1.82) is 0 Å². The quantitative estimate of drug-likeness (QED) is 0.0330. The van der Waals surface area contributed by atoms with Crippen molar-refractivity contribution in [3.63, 3.8) is 0 Å². The third-order valence-electron chi connectivity index (χ3n) is 8.33.